The fourth-order valence-corrected chi connectivity index (χ4v) is 1.73. The van der Waals surface area contributed by atoms with Crippen molar-refractivity contribution in [3.05, 3.63) is 30.3 Å². The van der Waals surface area contributed by atoms with Crippen LogP contribution in [0.1, 0.15) is 26.7 Å². The standard InChI is InChI=1S/C15H22N2O3/c1-3-7-12(2)17-14(18)10-16-15(19)11-20-13-8-5-4-6-9-13/h4-6,8-9,12H,3,7,10-11H2,1-2H3,(H,16,19)(H,17,18). The van der Waals surface area contributed by atoms with Crippen molar-refractivity contribution < 1.29 is 14.3 Å². The second-order valence-corrected chi connectivity index (χ2v) is 4.64. The van der Waals surface area contributed by atoms with Gasteiger partial charge in [-0.05, 0) is 25.5 Å². The Morgan fingerprint density at radius 1 is 1.20 bits per heavy atom. The highest BCUT2D eigenvalue weighted by Crippen LogP contribution is 2.07. The Balaban J connectivity index is 2.18. The van der Waals surface area contributed by atoms with Crippen LogP contribution in [0.15, 0.2) is 30.3 Å². The minimum atomic E-state index is -0.313. The first-order valence-corrected chi connectivity index (χ1v) is 6.85. The smallest absolute Gasteiger partial charge is 0.258 e. The van der Waals surface area contributed by atoms with Crippen LogP contribution in [0.2, 0.25) is 0 Å². The number of nitrogens with one attached hydrogen (secondary N) is 2. The lowest BCUT2D eigenvalue weighted by molar-refractivity contribution is -0.127. The van der Waals surface area contributed by atoms with Crippen LogP contribution < -0.4 is 15.4 Å². The number of amides is 2. The molecule has 1 rings (SSSR count). The van der Waals surface area contributed by atoms with Crippen molar-refractivity contribution in [2.45, 2.75) is 32.7 Å². The first kappa shape index (κ1) is 16.0. The van der Waals surface area contributed by atoms with E-state index < -0.39 is 0 Å². The predicted molar refractivity (Wildman–Crippen MR) is 77.5 cm³/mol. The van der Waals surface area contributed by atoms with E-state index >= 15 is 0 Å². The first-order chi connectivity index (χ1) is 9.61. The molecule has 0 aliphatic carbocycles. The highest BCUT2D eigenvalue weighted by Gasteiger charge is 2.08. The van der Waals surface area contributed by atoms with Crippen LogP contribution in [0.3, 0.4) is 0 Å². The number of ether oxygens (including phenoxy) is 1. The van der Waals surface area contributed by atoms with Gasteiger partial charge in [-0.25, -0.2) is 0 Å². The second kappa shape index (κ2) is 8.96. The van der Waals surface area contributed by atoms with Gasteiger partial charge < -0.3 is 15.4 Å². The molecule has 2 amide bonds. The second-order valence-electron chi connectivity index (χ2n) is 4.64. The molecule has 0 spiro atoms. The summed E-state index contributed by atoms with van der Waals surface area (Å²) < 4.78 is 5.28. The van der Waals surface area contributed by atoms with Crippen molar-refractivity contribution in [2.24, 2.45) is 0 Å². The quantitative estimate of drug-likeness (QED) is 0.757. The number of hydrogen-bond donors (Lipinski definition) is 2. The fourth-order valence-electron chi connectivity index (χ4n) is 1.73. The van der Waals surface area contributed by atoms with Gasteiger partial charge in [0, 0.05) is 6.04 Å². The summed E-state index contributed by atoms with van der Waals surface area (Å²) in [5.41, 5.74) is 0. The minimum Gasteiger partial charge on any atom is -0.484 e. The maximum atomic E-state index is 11.5. The molecule has 0 bridgehead atoms. The topological polar surface area (TPSA) is 67.4 Å². The van der Waals surface area contributed by atoms with E-state index in [-0.39, 0.29) is 31.0 Å². The van der Waals surface area contributed by atoms with E-state index in [0.29, 0.717) is 5.75 Å². The zero-order chi connectivity index (χ0) is 14.8. The Morgan fingerprint density at radius 2 is 1.90 bits per heavy atom. The predicted octanol–water partition coefficient (Wildman–Crippen LogP) is 1.49. The molecule has 1 atom stereocenters. The lowest BCUT2D eigenvalue weighted by atomic mass is 10.2. The molecule has 0 saturated heterocycles. The van der Waals surface area contributed by atoms with Gasteiger partial charge >= 0.3 is 0 Å². The highest BCUT2D eigenvalue weighted by molar-refractivity contribution is 5.85. The maximum Gasteiger partial charge on any atom is 0.258 e. The molecule has 0 fully saturated rings. The molecule has 5 nitrogen and oxygen atoms in total. The summed E-state index contributed by atoms with van der Waals surface area (Å²) in [4.78, 5) is 23.1. The van der Waals surface area contributed by atoms with Crippen LogP contribution in [0, 0.1) is 0 Å². The highest BCUT2D eigenvalue weighted by atomic mass is 16.5. The third-order valence-corrected chi connectivity index (χ3v) is 2.69. The van der Waals surface area contributed by atoms with Gasteiger partial charge in [-0.2, -0.15) is 0 Å². The van der Waals surface area contributed by atoms with Crippen molar-refractivity contribution >= 4 is 11.8 Å². The number of hydrogen-bond acceptors (Lipinski definition) is 3. The van der Waals surface area contributed by atoms with Crippen LogP contribution in [0.25, 0.3) is 0 Å². The Hall–Kier alpha value is -2.04. The van der Waals surface area contributed by atoms with E-state index in [9.17, 15) is 9.59 Å². The van der Waals surface area contributed by atoms with Crippen LogP contribution in [0.5, 0.6) is 5.75 Å². The molecule has 0 aromatic heterocycles. The molecule has 1 aromatic carbocycles. The van der Waals surface area contributed by atoms with Crippen LogP contribution in [0.4, 0.5) is 0 Å². The molecular formula is C15H22N2O3. The molecular weight excluding hydrogens is 256 g/mol. The van der Waals surface area contributed by atoms with E-state index in [1.807, 2.05) is 25.1 Å². The van der Waals surface area contributed by atoms with Gasteiger partial charge in [0.1, 0.15) is 5.75 Å². The van der Waals surface area contributed by atoms with E-state index in [4.69, 9.17) is 4.74 Å². The lowest BCUT2D eigenvalue weighted by Gasteiger charge is -2.13. The third-order valence-electron chi connectivity index (χ3n) is 2.69. The largest absolute Gasteiger partial charge is 0.484 e. The number of carbonyl (C=O) groups is 2. The van der Waals surface area contributed by atoms with Gasteiger partial charge in [0.2, 0.25) is 5.91 Å². The number of rotatable bonds is 8. The normalized spacial score (nSPS) is 11.5. The van der Waals surface area contributed by atoms with E-state index in [1.165, 1.54) is 0 Å². The average molecular weight is 278 g/mol. The van der Waals surface area contributed by atoms with Gasteiger partial charge in [0.25, 0.3) is 5.91 Å². The van der Waals surface area contributed by atoms with Crippen molar-refractivity contribution in [3.8, 4) is 5.75 Å². The molecule has 20 heavy (non-hydrogen) atoms. The molecule has 1 aromatic rings. The summed E-state index contributed by atoms with van der Waals surface area (Å²) >= 11 is 0. The van der Waals surface area contributed by atoms with Crippen LogP contribution >= 0.6 is 0 Å². The molecule has 0 radical (unpaired) electrons. The number of carbonyl (C=O) groups excluding carboxylic acids is 2. The van der Waals surface area contributed by atoms with E-state index in [0.717, 1.165) is 12.8 Å². The average Bonchev–Trinajstić information content (AvgIpc) is 2.44. The zero-order valence-corrected chi connectivity index (χ0v) is 12.0. The SMILES string of the molecule is CCCC(C)NC(=O)CNC(=O)COc1ccccc1. The van der Waals surface area contributed by atoms with Gasteiger partial charge in [-0.1, -0.05) is 31.5 Å². The van der Waals surface area contributed by atoms with E-state index in [1.54, 1.807) is 12.1 Å². The Kier molecular flexibility index (Phi) is 7.17. The molecule has 0 saturated carbocycles. The van der Waals surface area contributed by atoms with Gasteiger partial charge in [-0.15, -0.1) is 0 Å². The monoisotopic (exact) mass is 278 g/mol. The van der Waals surface area contributed by atoms with Crippen LogP contribution in [-0.4, -0.2) is 31.0 Å². The third kappa shape index (κ3) is 6.78. The number of para-hydroxylation sites is 1. The minimum absolute atomic E-state index is 0.0228. The molecule has 2 N–H and O–H groups in total. The summed E-state index contributed by atoms with van der Waals surface area (Å²) in [5, 5.41) is 5.34. The summed E-state index contributed by atoms with van der Waals surface area (Å²) in [5.74, 6) is 0.134. The number of benzene rings is 1. The van der Waals surface area contributed by atoms with Crippen molar-refractivity contribution in [1.82, 2.24) is 10.6 Å². The zero-order valence-electron chi connectivity index (χ0n) is 12.0. The van der Waals surface area contributed by atoms with Crippen molar-refractivity contribution in [3.63, 3.8) is 0 Å². The summed E-state index contributed by atoms with van der Waals surface area (Å²) in [6.45, 7) is 3.89. The maximum absolute atomic E-state index is 11.5. The molecule has 0 heterocycles. The summed E-state index contributed by atoms with van der Waals surface area (Å²) in [6, 6.07) is 9.20. The fraction of sp³-hybridized carbons (Fsp3) is 0.467. The van der Waals surface area contributed by atoms with Crippen molar-refractivity contribution in [1.29, 1.82) is 0 Å². The lowest BCUT2D eigenvalue weighted by Crippen LogP contribution is -2.42. The van der Waals surface area contributed by atoms with Gasteiger partial charge in [-0.3, -0.25) is 9.59 Å². The molecule has 1 unspecified atom stereocenters. The Bertz CT molecular complexity index is 420. The van der Waals surface area contributed by atoms with Gasteiger partial charge in [0.15, 0.2) is 6.61 Å². The Labute approximate surface area is 119 Å². The summed E-state index contributed by atoms with van der Waals surface area (Å²) in [7, 11) is 0. The van der Waals surface area contributed by atoms with Gasteiger partial charge in [0.05, 0.1) is 6.54 Å². The van der Waals surface area contributed by atoms with Crippen LogP contribution in [-0.2, 0) is 9.59 Å². The van der Waals surface area contributed by atoms with E-state index in [2.05, 4.69) is 17.6 Å². The molecule has 110 valence electrons. The first-order valence-electron chi connectivity index (χ1n) is 6.85. The Morgan fingerprint density at radius 3 is 2.55 bits per heavy atom. The molecule has 5 heteroatoms. The van der Waals surface area contributed by atoms with Crippen molar-refractivity contribution in [2.75, 3.05) is 13.2 Å². The molecule has 0 aliphatic rings. The molecule has 0 aliphatic heterocycles. The summed E-state index contributed by atoms with van der Waals surface area (Å²) in [6.07, 6.45) is 1.94.